The maximum Gasteiger partial charge on any atom is 0.185 e. The SMILES string of the molecule is CCNCc1sc(N(C)C(C)CCSC)nc1C(C)CC. The van der Waals surface area contributed by atoms with Gasteiger partial charge in [-0.25, -0.2) is 4.98 Å². The van der Waals surface area contributed by atoms with Gasteiger partial charge in [0.15, 0.2) is 5.13 Å². The summed E-state index contributed by atoms with van der Waals surface area (Å²) in [6.07, 6.45) is 4.53. The Morgan fingerprint density at radius 3 is 2.62 bits per heavy atom. The van der Waals surface area contributed by atoms with Gasteiger partial charge in [0, 0.05) is 24.5 Å². The van der Waals surface area contributed by atoms with Crippen molar-refractivity contribution in [2.24, 2.45) is 0 Å². The van der Waals surface area contributed by atoms with Crippen LogP contribution < -0.4 is 10.2 Å². The zero-order valence-electron chi connectivity index (χ0n) is 14.4. The van der Waals surface area contributed by atoms with E-state index in [-0.39, 0.29) is 0 Å². The summed E-state index contributed by atoms with van der Waals surface area (Å²) in [7, 11) is 2.18. The molecule has 5 heteroatoms. The number of rotatable bonds is 10. The molecule has 0 aromatic carbocycles. The first-order valence-corrected chi connectivity index (χ1v) is 10.2. The van der Waals surface area contributed by atoms with Crippen molar-refractivity contribution in [3.63, 3.8) is 0 Å². The summed E-state index contributed by atoms with van der Waals surface area (Å²) in [5.41, 5.74) is 1.29. The van der Waals surface area contributed by atoms with E-state index in [9.17, 15) is 0 Å². The Morgan fingerprint density at radius 2 is 2.05 bits per heavy atom. The Morgan fingerprint density at radius 1 is 1.33 bits per heavy atom. The molecule has 1 heterocycles. The van der Waals surface area contributed by atoms with Gasteiger partial charge in [0.25, 0.3) is 0 Å². The average molecular weight is 330 g/mol. The second kappa shape index (κ2) is 9.70. The number of anilines is 1. The highest BCUT2D eigenvalue weighted by molar-refractivity contribution is 7.98. The molecule has 0 aliphatic rings. The maximum absolute atomic E-state index is 4.96. The molecule has 1 aromatic rings. The first kappa shape index (κ1) is 18.8. The highest BCUT2D eigenvalue weighted by Gasteiger charge is 2.19. The molecule has 0 saturated carbocycles. The van der Waals surface area contributed by atoms with Crippen LogP contribution in [0.3, 0.4) is 0 Å². The molecule has 0 aliphatic heterocycles. The topological polar surface area (TPSA) is 28.2 Å². The van der Waals surface area contributed by atoms with Crippen molar-refractivity contribution in [3.05, 3.63) is 10.6 Å². The van der Waals surface area contributed by atoms with Crippen molar-refractivity contribution in [1.29, 1.82) is 0 Å². The number of hydrogen-bond acceptors (Lipinski definition) is 5. The number of nitrogens with zero attached hydrogens (tertiary/aromatic N) is 2. The number of thiazole rings is 1. The molecule has 0 amide bonds. The van der Waals surface area contributed by atoms with Crippen LogP contribution in [0.15, 0.2) is 0 Å². The second-order valence-corrected chi connectivity index (χ2v) is 7.68. The van der Waals surface area contributed by atoms with Crippen LogP contribution in [0.4, 0.5) is 5.13 Å². The minimum Gasteiger partial charge on any atom is -0.348 e. The molecular weight excluding hydrogens is 298 g/mol. The van der Waals surface area contributed by atoms with Gasteiger partial charge in [-0.3, -0.25) is 0 Å². The first-order valence-electron chi connectivity index (χ1n) is 7.97. The molecule has 3 nitrogen and oxygen atoms in total. The van der Waals surface area contributed by atoms with Crippen LogP contribution in [0.1, 0.15) is 57.0 Å². The van der Waals surface area contributed by atoms with E-state index >= 15 is 0 Å². The van der Waals surface area contributed by atoms with E-state index in [1.54, 1.807) is 0 Å². The fourth-order valence-corrected chi connectivity index (χ4v) is 3.91. The standard InChI is InChI=1S/C16H31N3S2/c1-7-12(3)15-14(11-17-8-2)21-16(18-15)19(5)13(4)9-10-20-6/h12-13,17H,7-11H2,1-6H3. The molecule has 0 bridgehead atoms. The Balaban J connectivity index is 2.89. The van der Waals surface area contributed by atoms with Crippen molar-refractivity contribution < 1.29 is 0 Å². The number of hydrogen-bond donors (Lipinski definition) is 1. The minimum atomic E-state index is 0.540. The van der Waals surface area contributed by atoms with Crippen LogP contribution in [-0.2, 0) is 6.54 Å². The lowest BCUT2D eigenvalue weighted by Gasteiger charge is -2.24. The van der Waals surface area contributed by atoms with Crippen LogP contribution in [0.25, 0.3) is 0 Å². The molecule has 1 aromatic heterocycles. The van der Waals surface area contributed by atoms with Gasteiger partial charge in [-0.15, -0.1) is 11.3 Å². The van der Waals surface area contributed by atoms with E-state index in [0.29, 0.717) is 12.0 Å². The average Bonchev–Trinajstić information content (AvgIpc) is 2.92. The number of nitrogens with one attached hydrogen (secondary N) is 1. The van der Waals surface area contributed by atoms with Crippen molar-refractivity contribution in [3.8, 4) is 0 Å². The summed E-state index contributed by atoms with van der Waals surface area (Å²) in [5.74, 6) is 1.75. The lowest BCUT2D eigenvalue weighted by atomic mass is 10.0. The third kappa shape index (κ3) is 5.46. The molecule has 0 spiro atoms. The Bertz CT molecular complexity index is 406. The van der Waals surface area contributed by atoms with Gasteiger partial charge in [0.2, 0.25) is 0 Å². The molecule has 0 aliphatic carbocycles. The summed E-state index contributed by atoms with van der Waals surface area (Å²) < 4.78 is 0. The molecule has 21 heavy (non-hydrogen) atoms. The van der Waals surface area contributed by atoms with E-state index in [4.69, 9.17) is 4.98 Å². The minimum absolute atomic E-state index is 0.540. The number of thioether (sulfide) groups is 1. The van der Waals surface area contributed by atoms with Crippen LogP contribution in [0.2, 0.25) is 0 Å². The molecule has 2 unspecified atom stereocenters. The van der Waals surface area contributed by atoms with E-state index in [1.807, 2.05) is 23.1 Å². The second-order valence-electron chi connectivity index (χ2n) is 5.64. The lowest BCUT2D eigenvalue weighted by molar-refractivity contribution is 0.656. The fourth-order valence-electron chi connectivity index (χ4n) is 2.12. The van der Waals surface area contributed by atoms with Gasteiger partial charge in [-0.1, -0.05) is 20.8 Å². The van der Waals surface area contributed by atoms with Gasteiger partial charge < -0.3 is 10.2 Å². The normalized spacial score (nSPS) is 14.2. The highest BCUT2D eigenvalue weighted by atomic mass is 32.2. The quantitative estimate of drug-likeness (QED) is 0.691. The van der Waals surface area contributed by atoms with E-state index < -0.39 is 0 Å². The predicted octanol–water partition coefficient (Wildman–Crippen LogP) is 4.34. The van der Waals surface area contributed by atoms with Crippen LogP contribution in [0.5, 0.6) is 0 Å². The molecule has 122 valence electrons. The summed E-state index contributed by atoms with van der Waals surface area (Å²) in [5, 5.41) is 4.62. The van der Waals surface area contributed by atoms with Crippen LogP contribution in [0, 0.1) is 0 Å². The first-order chi connectivity index (χ1) is 10.0. The van der Waals surface area contributed by atoms with Gasteiger partial charge in [-0.2, -0.15) is 11.8 Å². The molecule has 2 atom stereocenters. The smallest absolute Gasteiger partial charge is 0.185 e. The third-order valence-corrected chi connectivity index (χ3v) is 5.84. The monoisotopic (exact) mass is 329 g/mol. The predicted molar refractivity (Wildman–Crippen MR) is 99.1 cm³/mol. The van der Waals surface area contributed by atoms with E-state index in [2.05, 4.69) is 51.2 Å². The van der Waals surface area contributed by atoms with E-state index in [1.165, 1.54) is 27.9 Å². The molecule has 0 radical (unpaired) electrons. The summed E-state index contributed by atoms with van der Waals surface area (Å²) in [4.78, 5) is 8.72. The highest BCUT2D eigenvalue weighted by Crippen LogP contribution is 2.32. The van der Waals surface area contributed by atoms with Crippen molar-refractivity contribution in [2.75, 3.05) is 30.5 Å². The maximum atomic E-state index is 4.96. The molecule has 1 rings (SSSR count). The third-order valence-electron chi connectivity index (χ3n) is 4.03. The molecule has 0 fully saturated rings. The van der Waals surface area contributed by atoms with Crippen LogP contribution in [-0.4, -0.2) is 36.6 Å². The molecule has 0 saturated heterocycles. The van der Waals surface area contributed by atoms with Gasteiger partial charge >= 0.3 is 0 Å². The Hall–Kier alpha value is -0.260. The summed E-state index contributed by atoms with van der Waals surface area (Å²) >= 11 is 3.78. The number of aromatic nitrogens is 1. The largest absolute Gasteiger partial charge is 0.348 e. The van der Waals surface area contributed by atoms with Gasteiger partial charge in [-0.05, 0) is 44.2 Å². The fraction of sp³-hybridized carbons (Fsp3) is 0.812. The zero-order valence-corrected chi connectivity index (χ0v) is 16.0. The van der Waals surface area contributed by atoms with Gasteiger partial charge in [0.05, 0.1) is 5.69 Å². The zero-order chi connectivity index (χ0) is 15.8. The van der Waals surface area contributed by atoms with Crippen molar-refractivity contribution in [2.45, 2.75) is 59.0 Å². The lowest BCUT2D eigenvalue weighted by Crippen LogP contribution is -2.29. The Labute approximate surface area is 138 Å². The summed E-state index contributed by atoms with van der Waals surface area (Å²) in [6, 6.07) is 0.542. The molecule has 1 N–H and O–H groups in total. The van der Waals surface area contributed by atoms with E-state index in [0.717, 1.165) is 19.5 Å². The van der Waals surface area contributed by atoms with Crippen molar-refractivity contribution in [1.82, 2.24) is 10.3 Å². The van der Waals surface area contributed by atoms with Crippen molar-refractivity contribution >= 4 is 28.2 Å². The Kier molecular flexibility index (Phi) is 8.67. The van der Waals surface area contributed by atoms with Crippen LogP contribution >= 0.6 is 23.1 Å². The summed E-state index contributed by atoms with van der Waals surface area (Å²) in [6.45, 7) is 10.9. The van der Waals surface area contributed by atoms with Gasteiger partial charge in [0.1, 0.15) is 0 Å². The molecular formula is C16H31N3S2.